The predicted molar refractivity (Wildman–Crippen MR) is 196 cm³/mol. The number of hydrogen-bond donors (Lipinski definition) is 0. The van der Waals surface area contributed by atoms with Crippen molar-refractivity contribution in [1.29, 1.82) is 0 Å². The Morgan fingerprint density at radius 3 is 1.94 bits per heavy atom. The Hall–Kier alpha value is -2.88. The summed E-state index contributed by atoms with van der Waals surface area (Å²) in [5, 5.41) is 0. The second-order valence-corrected chi connectivity index (χ2v) is 17.2. The van der Waals surface area contributed by atoms with Crippen LogP contribution in [-0.4, -0.2) is 23.1 Å². The highest BCUT2D eigenvalue weighted by atomic mass is 16.1. The largest absolute Gasteiger partial charge is 0.299 e. The summed E-state index contributed by atoms with van der Waals surface area (Å²) in [5.74, 6) is 2.92. The first-order valence-corrected chi connectivity index (χ1v) is 19.9. The van der Waals surface area contributed by atoms with E-state index in [4.69, 9.17) is 0 Å². The highest BCUT2D eigenvalue weighted by Crippen LogP contribution is 2.45. The molecule has 0 spiro atoms. The number of hydrogen-bond acceptors (Lipinski definition) is 4. The molecule has 3 saturated carbocycles. The zero-order chi connectivity index (χ0) is 34.5. The van der Waals surface area contributed by atoms with Crippen LogP contribution in [0.3, 0.4) is 0 Å². The van der Waals surface area contributed by atoms with Gasteiger partial charge in [0.1, 0.15) is 23.1 Å². The molecule has 2 aromatic carbocycles. The third-order valence-corrected chi connectivity index (χ3v) is 13.4. The summed E-state index contributed by atoms with van der Waals surface area (Å²) in [6.45, 7) is 6.26. The highest BCUT2D eigenvalue weighted by molar-refractivity contribution is 5.97. The Labute approximate surface area is 295 Å². The lowest BCUT2D eigenvalue weighted by molar-refractivity contribution is -0.142. The SMILES string of the molecule is CC(C)c1ccc(CC(=O)CC(C)(CC(=O)C2CCC(C3Cc4ccccc4CC3=O)CC2)C(=O)C2CCC(C3CCCCC3)CC2)cc1. The Bertz CT molecular complexity index is 1460. The summed E-state index contributed by atoms with van der Waals surface area (Å²) in [4.78, 5) is 55.4. The number of carbonyl (C=O) groups excluding carboxylic acids is 4. The summed E-state index contributed by atoms with van der Waals surface area (Å²) in [6.07, 6.45) is 16.0. The Morgan fingerprint density at radius 1 is 0.694 bits per heavy atom. The molecule has 0 radical (unpaired) electrons. The van der Waals surface area contributed by atoms with Crippen molar-refractivity contribution < 1.29 is 19.2 Å². The molecule has 4 heteroatoms. The molecule has 0 N–H and O–H groups in total. The van der Waals surface area contributed by atoms with E-state index in [2.05, 4.69) is 44.2 Å². The topological polar surface area (TPSA) is 68.3 Å². The van der Waals surface area contributed by atoms with E-state index in [0.29, 0.717) is 30.5 Å². The fraction of sp³-hybridized carbons (Fsp3) is 0.644. The van der Waals surface area contributed by atoms with Crippen LogP contribution in [0.2, 0.25) is 0 Å². The monoisotopic (exact) mass is 664 g/mol. The van der Waals surface area contributed by atoms with Crippen LogP contribution in [0.4, 0.5) is 0 Å². The number of benzene rings is 2. The molecule has 4 aliphatic carbocycles. The second kappa shape index (κ2) is 16.0. The van der Waals surface area contributed by atoms with Gasteiger partial charge in [-0.2, -0.15) is 0 Å². The van der Waals surface area contributed by atoms with Crippen LogP contribution in [-0.2, 0) is 38.4 Å². The van der Waals surface area contributed by atoms with Crippen LogP contribution < -0.4 is 0 Å². The number of ketones is 4. The van der Waals surface area contributed by atoms with Gasteiger partial charge in [0.25, 0.3) is 0 Å². The maximum Gasteiger partial charge on any atom is 0.142 e. The van der Waals surface area contributed by atoms with Gasteiger partial charge >= 0.3 is 0 Å². The van der Waals surface area contributed by atoms with Gasteiger partial charge in [0.05, 0.1) is 0 Å². The van der Waals surface area contributed by atoms with Crippen molar-refractivity contribution in [1.82, 2.24) is 0 Å². The molecule has 0 bridgehead atoms. The van der Waals surface area contributed by atoms with Crippen LogP contribution in [0.15, 0.2) is 48.5 Å². The van der Waals surface area contributed by atoms with Crippen LogP contribution in [0.25, 0.3) is 0 Å². The minimum absolute atomic E-state index is 0.0494. The van der Waals surface area contributed by atoms with Crippen molar-refractivity contribution >= 4 is 23.1 Å². The third-order valence-electron chi connectivity index (χ3n) is 13.4. The van der Waals surface area contributed by atoms with E-state index in [1.54, 1.807) is 0 Å². The summed E-state index contributed by atoms with van der Waals surface area (Å²) in [7, 11) is 0. The number of carbonyl (C=O) groups is 4. The maximum atomic E-state index is 14.5. The first kappa shape index (κ1) is 35.9. The van der Waals surface area contributed by atoms with Crippen molar-refractivity contribution in [2.45, 2.75) is 142 Å². The fourth-order valence-electron chi connectivity index (χ4n) is 10.3. The summed E-state index contributed by atoms with van der Waals surface area (Å²) < 4.78 is 0. The van der Waals surface area contributed by atoms with Crippen molar-refractivity contribution in [2.24, 2.45) is 40.9 Å². The molecule has 2 aromatic rings. The first-order valence-electron chi connectivity index (χ1n) is 19.9. The molecule has 0 amide bonds. The van der Waals surface area contributed by atoms with Crippen LogP contribution in [0.5, 0.6) is 0 Å². The predicted octanol–water partition coefficient (Wildman–Crippen LogP) is 10.0. The molecule has 4 aliphatic rings. The molecule has 0 aromatic heterocycles. The van der Waals surface area contributed by atoms with Gasteiger partial charge in [-0.3, -0.25) is 19.2 Å². The number of rotatable bonds is 12. The Morgan fingerprint density at radius 2 is 1.29 bits per heavy atom. The fourth-order valence-corrected chi connectivity index (χ4v) is 10.3. The van der Waals surface area contributed by atoms with E-state index in [9.17, 15) is 19.2 Å². The van der Waals surface area contributed by atoms with Gasteiger partial charge in [-0.15, -0.1) is 0 Å². The third kappa shape index (κ3) is 8.71. The Kier molecular flexibility index (Phi) is 11.7. The van der Waals surface area contributed by atoms with Gasteiger partial charge in [0.2, 0.25) is 0 Å². The lowest BCUT2D eigenvalue weighted by Crippen LogP contribution is -2.41. The summed E-state index contributed by atoms with van der Waals surface area (Å²) in [6, 6.07) is 16.6. The molecule has 0 heterocycles. The Balaban J connectivity index is 1.10. The molecule has 4 nitrogen and oxygen atoms in total. The maximum absolute atomic E-state index is 14.5. The van der Waals surface area contributed by atoms with Crippen LogP contribution >= 0.6 is 0 Å². The first-order chi connectivity index (χ1) is 23.6. The molecule has 2 unspecified atom stereocenters. The summed E-state index contributed by atoms with van der Waals surface area (Å²) in [5.41, 5.74) is 3.72. The van der Waals surface area contributed by atoms with Crippen LogP contribution in [0.1, 0.15) is 145 Å². The quantitative estimate of drug-likeness (QED) is 0.227. The van der Waals surface area contributed by atoms with Gasteiger partial charge < -0.3 is 0 Å². The van der Waals surface area contributed by atoms with E-state index >= 15 is 0 Å². The average molecular weight is 665 g/mol. The normalized spacial score (nSPS) is 27.7. The van der Waals surface area contributed by atoms with Gasteiger partial charge in [-0.25, -0.2) is 0 Å². The van der Waals surface area contributed by atoms with E-state index in [1.807, 2.05) is 25.1 Å². The molecular weight excluding hydrogens is 604 g/mol. The zero-order valence-corrected chi connectivity index (χ0v) is 30.5. The molecular formula is C45H60O4. The molecule has 264 valence electrons. The lowest BCUT2D eigenvalue weighted by atomic mass is 9.64. The minimum atomic E-state index is -0.964. The zero-order valence-electron chi connectivity index (χ0n) is 30.5. The van der Waals surface area contributed by atoms with Crippen molar-refractivity contribution in [3.63, 3.8) is 0 Å². The van der Waals surface area contributed by atoms with E-state index in [1.165, 1.54) is 48.8 Å². The van der Waals surface area contributed by atoms with Gasteiger partial charge in [0, 0.05) is 48.9 Å². The minimum Gasteiger partial charge on any atom is -0.299 e. The van der Waals surface area contributed by atoms with E-state index in [-0.39, 0.29) is 47.9 Å². The standard InChI is InChI=1S/C45H60O4/c1-30(2)32-15-13-31(14-16-32)25-40(46)28-45(3,44(49)37-23-17-34(18-24-37)33-9-5-4-6-10-33)29-43(48)36-21-19-35(20-22-36)41-26-38-11-7-8-12-39(38)27-42(41)47/h7-8,11-16,30,33-37,41H,4-6,9-10,17-29H2,1-3H3. The number of fused-ring (bicyclic) bond motifs is 1. The van der Waals surface area contributed by atoms with Gasteiger partial charge in [0.15, 0.2) is 0 Å². The van der Waals surface area contributed by atoms with E-state index in [0.717, 1.165) is 75.2 Å². The smallest absolute Gasteiger partial charge is 0.142 e. The summed E-state index contributed by atoms with van der Waals surface area (Å²) >= 11 is 0. The molecule has 3 fully saturated rings. The van der Waals surface area contributed by atoms with Crippen LogP contribution in [0, 0.1) is 40.9 Å². The second-order valence-electron chi connectivity index (χ2n) is 17.2. The molecule has 2 atom stereocenters. The lowest BCUT2D eigenvalue weighted by Gasteiger charge is -2.39. The molecule has 6 rings (SSSR count). The van der Waals surface area contributed by atoms with E-state index < -0.39 is 5.41 Å². The number of Topliss-reactive ketones (excluding diaryl/α,β-unsaturated/α-hetero) is 4. The van der Waals surface area contributed by atoms with Gasteiger partial charge in [-0.05, 0) is 104 Å². The van der Waals surface area contributed by atoms with Gasteiger partial charge in [-0.1, -0.05) is 101 Å². The highest BCUT2D eigenvalue weighted by Gasteiger charge is 2.44. The molecule has 0 aliphatic heterocycles. The van der Waals surface area contributed by atoms with Crippen molar-refractivity contribution in [3.05, 3.63) is 70.8 Å². The van der Waals surface area contributed by atoms with Crippen molar-refractivity contribution in [3.8, 4) is 0 Å². The molecule has 49 heavy (non-hydrogen) atoms. The average Bonchev–Trinajstić information content (AvgIpc) is 3.11. The molecule has 0 saturated heterocycles. The van der Waals surface area contributed by atoms with Crippen molar-refractivity contribution in [2.75, 3.05) is 0 Å².